The van der Waals surface area contributed by atoms with Crippen LogP contribution in [0, 0.1) is 5.82 Å². The normalized spacial score (nSPS) is 12.0. The zero-order chi connectivity index (χ0) is 25.2. The summed E-state index contributed by atoms with van der Waals surface area (Å²) in [6.45, 7) is 2.01. The second-order valence-corrected chi connectivity index (χ2v) is 8.53. The molecule has 0 aliphatic carbocycles. The van der Waals surface area contributed by atoms with Crippen molar-refractivity contribution in [2.24, 2.45) is 7.05 Å². The Kier molecular flexibility index (Phi) is 6.25. The van der Waals surface area contributed by atoms with E-state index in [1.54, 1.807) is 18.0 Å². The molecule has 0 aliphatic heterocycles. The number of benzene rings is 3. The molecule has 0 amide bonds. The van der Waals surface area contributed by atoms with Crippen molar-refractivity contribution in [2.75, 3.05) is 18.2 Å². The molecular formula is C28H27FN6O. The third-order valence-corrected chi connectivity index (χ3v) is 6.28. The summed E-state index contributed by atoms with van der Waals surface area (Å²) in [5.74, 6) is 1.75. The van der Waals surface area contributed by atoms with Crippen molar-refractivity contribution >= 4 is 22.3 Å². The van der Waals surface area contributed by atoms with Crippen LogP contribution in [-0.2, 0) is 13.5 Å². The van der Waals surface area contributed by atoms with Crippen LogP contribution in [0.2, 0.25) is 0 Å². The molecule has 8 heteroatoms. The predicted octanol–water partition coefficient (Wildman–Crippen LogP) is 5.52. The highest BCUT2D eigenvalue weighted by Crippen LogP contribution is 2.34. The summed E-state index contributed by atoms with van der Waals surface area (Å²) in [5, 5.41) is 9.91. The number of methoxy groups -OCH3 is 1. The molecule has 7 nitrogen and oxygen atoms in total. The Balaban J connectivity index is 1.65. The number of nitrogens with one attached hydrogen (secondary N) is 1. The molecule has 0 bridgehead atoms. The first-order valence-corrected chi connectivity index (χ1v) is 11.7. The Bertz CT molecular complexity index is 1530. The van der Waals surface area contributed by atoms with Gasteiger partial charge in [-0.3, -0.25) is 4.68 Å². The zero-order valence-corrected chi connectivity index (χ0v) is 20.4. The van der Waals surface area contributed by atoms with Gasteiger partial charge in [-0.2, -0.15) is 5.10 Å². The number of aromatic nitrogens is 4. The first-order chi connectivity index (χ1) is 17.5. The van der Waals surface area contributed by atoms with Crippen molar-refractivity contribution < 1.29 is 9.13 Å². The van der Waals surface area contributed by atoms with Crippen LogP contribution in [0.5, 0.6) is 5.75 Å². The molecule has 0 fully saturated rings. The van der Waals surface area contributed by atoms with E-state index in [2.05, 4.69) is 15.4 Å². The minimum Gasteiger partial charge on any atom is -0.496 e. The van der Waals surface area contributed by atoms with Crippen LogP contribution in [0.4, 0.5) is 15.9 Å². The van der Waals surface area contributed by atoms with Crippen LogP contribution in [0.3, 0.4) is 0 Å². The number of nitrogens with two attached hydrogens (primary N) is 1. The number of rotatable bonds is 7. The first-order valence-electron chi connectivity index (χ1n) is 11.7. The molecular weight excluding hydrogens is 455 g/mol. The van der Waals surface area contributed by atoms with Crippen LogP contribution in [-0.4, -0.2) is 26.9 Å². The number of nitrogens with zero attached hydrogens (tertiary/aromatic N) is 4. The lowest BCUT2D eigenvalue weighted by atomic mass is 9.99. The summed E-state index contributed by atoms with van der Waals surface area (Å²) in [7, 11) is 3.37. The highest BCUT2D eigenvalue weighted by molar-refractivity contribution is 5.92. The second-order valence-electron chi connectivity index (χ2n) is 8.53. The zero-order valence-electron chi connectivity index (χ0n) is 20.4. The van der Waals surface area contributed by atoms with Crippen molar-refractivity contribution in [1.29, 1.82) is 0 Å². The largest absolute Gasteiger partial charge is 0.496 e. The van der Waals surface area contributed by atoms with Gasteiger partial charge in [0.05, 0.1) is 7.11 Å². The Hall–Kier alpha value is -4.46. The van der Waals surface area contributed by atoms with Gasteiger partial charge in [0.2, 0.25) is 0 Å². The molecule has 2 aromatic heterocycles. The molecule has 1 atom stereocenters. The second kappa shape index (κ2) is 9.65. The van der Waals surface area contributed by atoms with Gasteiger partial charge < -0.3 is 15.8 Å². The summed E-state index contributed by atoms with van der Waals surface area (Å²) in [6, 6.07) is 20.1. The molecule has 5 aromatic rings. The Labute approximate surface area is 208 Å². The Morgan fingerprint density at radius 1 is 1.08 bits per heavy atom. The number of hydrogen-bond donors (Lipinski definition) is 2. The van der Waals surface area contributed by atoms with Crippen LogP contribution < -0.4 is 15.8 Å². The summed E-state index contributed by atoms with van der Waals surface area (Å²) >= 11 is 0. The molecule has 182 valence electrons. The van der Waals surface area contributed by atoms with Crippen LogP contribution in [0.1, 0.15) is 29.9 Å². The standard InChI is InChI=1S/C28H27FN6O/c1-4-17-15-22(23(29)16-24(17)36-3)25(28-33-27(34-35(28)2)18-8-6-5-7-9-18)32-20-10-11-21-19(14-20)12-13-31-26(21)30/h5-16,25,32H,4H2,1-3H3,(H2,30,31). The quantitative estimate of drug-likeness (QED) is 0.317. The molecule has 3 aromatic carbocycles. The third-order valence-electron chi connectivity index (χ3n) is 6.28. The van der Waals surface area contributed by atoms with Crippen molar-refractivity contribution in [3.05, 3.63) is 95.7 Å². The van der Waals surface area contributed by atoms with Crippen molar-refractivity contribution in [2.45, 2.75) is 19.4 Å². The monoisotopic (exact) mass is 482 g/mol. The van der Waals surface area contributed by atoms with E-state index in [-0.39, 0.29) is 5.82 Å². The molecule has 36 heavy (non-hydrogen) atoms. The summed E-state index contributed by atoms with van der Waals surface area (Å²) in [5.41, 5.74) is 9.07. The third kappa shape index (κ3) is 4.33. The molecule has 0 saturated carbocycles. The molecule has 2 heterocycles. The number of fused-ring (bicyclic) bond motifs is 1. The van der Waals surface area contributed by atoms with Gasteiger partial charge >= 0.3 is 0 Å². The number of anilines is 2. The van der Waals surface area contributed by atoms with E-state index >= 15 is 4.39 Å². The highest BCUT2D eigenvalue weighted by atomic mass is 19.1. The van der Waals surface area contributed by atoms with Crippen LogP contribution in [0.15, 0.2) is 72.9 Å². The number of ether oxygens (including phenoxy) is 1. The van der Waals surface area contributed by atoms with E-state index in [1.165, 1.54) is 6.07 Å². The number of nitrogen functional groups attached to an aromatic ring is 1. The SMILES string of the molecule is CCc1cc(C(Nc2ccc3c(N)nccc3c2)c2nc(-c3ccccc3)nn2C)c(F)cc1OC. The molecule has 0 radical (unpaired) electrons. The minimum absolute atomic E-state index is 0.389. The fraction of sp³-hybridized carbons (Fsp3) is 0.179. The van der Waals surface area contributed by atoms with E-state index in [0.29, 0.717) is 35.2 Å². The van der Waals surface area contributed by atoms with Gasteiger partial charge in [0.1, 0.15) is 23.4 Å². The van der Waals surface area contributed by atoms with Gasteiger partial charge in [0.25, 0.3) is 0 Å². The molecule has 3 N–H and O–H groups in total. The van der Waals surface area contributed by atoms with Crippen LogP contribution in [0.25, 0.3) is 22.2 Å². The number of halogens is 1. The number of hydrogen-bond acceptors (Lipinski definition) is 6. The first kappa shape index (κ1) is 23.3. The van der Waals surface area contributed by atoms with Gasteiger partial charge in [0.15, 0.2) is 11.6 Å². The maximum atomic E-state index is 15.6. The number of aryl methyl sites for hydroxylation is 2. The van der Waals surface area contributed by atoms with E-state index in [1.807, 2.05) is 74.6 Å². The average molecular weight is 483 g/mol. The lowest BCUT2D eigenvalue weighted by molar-refractivity contribution is 0.405. The lowest BCUT2D eigenvalue weighted by Crippen LogP contribution is -2.19. The predicted molar refractivity (Wildman–Crippen MR) is 140 cm³/mol. The topological polar surface area (TPSA) is 90.9 Å². The van der Waals surface area contributed by atoms with Crippen molar-refractivity contribution in [3.8, 4) is 17.1 Å². The Morgan fingerprint density at radius 3 is 2.64 bits per heavy atom. The van der Waals surface area contributed by atoms with E-state index in [0.717, 1.165) is 27.6 Å². The molecule has 0 spiro atoms. The number of pyridine rings is 1. The molecule has 0 aliphatic rings. The van der Waals surface area contributed by atoms with E-state index in [9.17, 15) is 0 Å². The van der Waals surface area contributed by atoms with Crippen molar-refractivity contribution in [3.63, 3.8) is 0 Å². The smallest absolute Gasteiger partial charge is 0.181 e. The maximum Gasteiger partial charge on any atom is 0.181 e. The fourth-order valence-electron chi connectivity index (χ4n) is 4.40. The lowest BCUT2D eigenvalue weighted by Gasteiger charge is -2.22. The molecule has 0 saturated heterocycles. The molecule has 5 rings (SSSR count). The fourth-order valence-corrected chi connectivity index (χ4v) is 4.40. The summed E-state index contributed by atoms with van der Waals surface area (Å²) in [4.78, 5) is 8.99. The summed E-state index contributed by atoms with van der Waals surface area (Å²) < 4.78 is 22.7. The minimum atomic E-state index is -0.618. The van der Waals surface area contributed by atoms with E-state index < -0.39 is 6.04 Å². The van der Waals surface area contributed by atoms with Gasteiger partial charge in [-0.1, -0.05) is 37.3 Å². The molecule has 1 unspecified atom stereocenters. The maximum absolute atomic E-state index is 15.6. The van der Waals surface area contributed by atoms with Gasteiger partial charge in [-0.25, -0.2) is 14.4 Å². The average Bonchev–Trinajstić information content (AvgIpc) is 3.29. The van der Waals surface area contributed by atoms with Gasteiger partial charge in [0, 0.05) is 41.5 Å². The van der Waals surface area contributed by atoms with Crippen LogP contribution >= 0.6 is 0 Å². The van der Waals surface area contributed by atoms with E-state index in [4.69, 9.17) is 15.5 Å². The Morgan fingerprint density at radius 2 is 1.89 bits per heavy atom. The van der Waals surface area contributed by atoms with Crippen molar-refractivity contribution in [1.82, 2.24) is 19.7 Å². The van der Waals surface area contributed by atoms with Gasteiger partial charge in [-0.15, -0.1) is 0 Å². The highest BCUT2D eigenvalue weighted by Gasteiger charge is 2.26. The summed E-state index contributed by atoms with van der Waals surface area (Å²) in [6.07, 6.45) is 2.36. The van der Waals surface area contributed by atoms with Gasteiger partial charge in [-0.05, 0) is 47.7 Å².